The van der Waals surface area contributed by atoms with E-state index in [0.29, 0.717) is 0 Å². The summed E-state index contributed by atoms with van der Waals surface area (Å²) in [5, 5.41) is 86.0. The van der Waals surface area contributed by atoms with Gasteiger partial charge in [0.05, 0.1) is 0 Å². The Morgan fingerprint density at radius 2 is 0.500 bits per heavy atom. The number of rotatable bonds is 9. The van der Waals surface area contributed by atoms with Gasteiger partial charge in [0.2, 0.25) is 0 Å². The van der Waals surface area contributed by atoms with Crippen molar-refractivity contribution >= 4 is 29.3 Å². The van der Waals surface area contributed by atoms with Crippen molar-refractivity contribution in [2.45, 2.75) is 78.1 Å². The molecule has 0 unspecified atom stereocenters. The second kappa shape index (κ2) is 48.8. The molecule has 0 saturated heterocycles. The standard InChI is InChI=1S/C12H26.4BH3O3.K.Na.2H/c1-3-5-7-9-11-12-10-8-6-4-2;4*2-1(3)4;;;;/h3-12H2,1-2H3;4*2-4H;;;;/q;;;;;2*+1;2*-1. The van der Waals surface area contributed by atoms with Crippen molar-refractivity contribution in [1.82, 2.24) is 0 Å². The van der Waals surface area contributed by atoms with E-state index in [-0.39, 0.29) is 83.8 Å². The monoisotopic (exact) mass is 482 g/mol. The fourth-order valence-electron chi connectivity index (χ4n) is 1.56. The van der Waals surface area contributed by atoms with Crippen LogP contribution in [0.3, 0.4) is 0 Å². The summed E-state index contributed by atoms with van der Waals surface area (Å²) in [4.78, 5) is 0. The van der Waals surface area contributed by atoms with Crippen molar-refractivity contribution in [3.63, 3.8) is 0 Å². The smallest absolute Gasteiger partial charge is 1.00 e. The van der Waals surface area contributed by atoms with Gasteiger partial charge < -0.3 is 63.1 Å². The van der Waals surface area contributed by atoms with E-state index in [9.17, 15) is 0 Å². The van der Waals surface area contributed by atoms with Gasteiger partial charge in [-0.1, -0.05) is 78.1 Å². The Balaban J connectivity index is -0.0000000322. The minimum Gasteiger partial charge on any atom is -1.00 e. The van der Waals surface area contributed by atoms with E-state index in [1.807, 2.05) is 0 Å². The average Bonchev–Trinajstić information content (AvgIpc) is 2.48. The van der Waals surface area contributed by atoms with Crippen molar-refractivity contribution in [2.24, 2.45) is 0 Å². The first-order valence-corrected chi connectivity index (χ1v) is 9.01. The Kier molecular flexibility index (Phi) is 80.5. The summed E-state index contributed by atoms with van der Waals surface area (Å²) < 4.78 is 0. The summed E-state index contributed by atoms with van der Waals surface area (Å²) >= 11 is 0. The van der Waals surface area contributed by atoms with Crippen molar-refractivity contribution in [2.75, 3.05) is 0 Å². The van der Waals surface area contributed by atoms with Gasteiger partial charge in [-0.2, -0.15) is 0 Å². The maximum absolute atomic E-state index is 7.17. The fraction of sp³-hybridized carbons (Fsp3) is 1.00. The first-order valence-electron chi connectivity index (χ1n) is 9.01. The van der Waals surface area contributed by atoms with Crippen LogP contribution in [0.4, 0.5) is 0 Å². The molecule has 0 heterocycles. The van der Waals surface area contributed by atoms with E-state index in [1.165, 1.54) is 64.2 Å². The molecule has 0 aromatic rings. The van der Waals surface area contributed by atoms with Crippen molar-refractivity contribution in [3.8, 4) is 0 Å². The Hall–Kier alpha value is 2.42. The fourth-order valence-corrected chi connectivity index (χ4v) is 1.56. The molecule has 0 saturated carbocycles. The van der Waals surface area contributed by atoms with Crippen molar-refractivity contribution in [1.29, 1.82) is 0 Å². The van der Waals surface area contributed by atoms with E-state index in [2.05, 4.69) is 13.8 Å². The van der Waals surface area contributed by atoms with Gasteiger partial charge in [-0.05, 0) is 0 Å². The maximum atomic E-state index is 7.17. The van der Waals surface area contributed by atoms with Gasteiger partial charge in [-0.15, -0.1) is 0 Å². The van der Waals surface area contributed by atoms with Gasteiger partial charge in [-0.25, -0.2) is 0 Å². The van der Waals surface area contributed by atoms with Crippen LogP contribution in [0.15, 0.2) is 0 Å². The van der Waals surface area contributed by atoms with Crippen LogP contribution >= 0.6 is 0 Å². The molecule has 0 aliphatic rings. The van der Waals surface area contributed by atoms with E-state index >= 15 is 0 Å². The predicted octanol–water partition coefficient (Wildman–Crippen LogP) is -9.05. The minimum absolute atomic E-state index is 0. The molecule has 0 aliphatic carbocycles. The summed E-state index contributed by atoms with van der Waals surface area (Å²) in [7, 11) is -8.67. The quantitative estimate of drug-likeness (QED) is 0.108. The number of hydrogen-bond donors (Lipinski definition) is 12. The van der Waals surface area contributed by atoms with E-state index < -0.39 is 29.3 Å². The van der Waals surface area contributed by atoms with Crippen LogP contribution < -0.4 is 80.9 Å². The zero-order valence-corrected chi connectivity index (χ0v) is 23.9. The first kappa shape index (κ1) is 49.5. The molecule has 174 valence electrons. The van der Waals surface area contributed by atoms with Gasteiger partial charge >= 0.3 is 110 Å². The largest absolute Gasteiger partial charge is 1.00 e. The molecule has 0 atom stereocenters. The Morgan fingerprint density at radius 3 is 0.600 bits per heavy atom. The molecule has 12 N–H and O–H groups in total. The zero-order valence-electron chi connectivity index (χ0n) is 20.7. The Labute approximate surface area is 248 Å². The molecule has 0 fully saturated rings. The second-order valence-electron chi connectivity index (χ2n) is 5.21. The van der Waals surface area contributed by atoms with Crippen LogP contribution in [0.5, 0.6) is 0 Å². The van der Waals surface area contributed by atoms with Gasteiger partial charge in [0.25, 0.3) is 0 Å². The third-order valence-electron chi connectivity index (χ3n) is 2.46. The van der Waals surface area contributed by atoms with Crippen LogP contribution in [0, 0.1) is 0 Å². The molecule has 12 nitrogen and oxygen atoms in total. The minimum atomic E-state index is -2.17. The van der Waals surface area contributed by atoms with Crippen molar-refractivity contribution < 1.29 is 144 Å². The Bertz CT molecular complexity index is 207. The molecule has 0 bridgehead atoms. The van der Waals surface area contributed by atoms with Crippen LogP contribution in [-0.2, 0) is 0 Å². The molecule has 0 amide bonds. The summed E-state index contributed by atoms with van der Waals surface area (Å²) in [6, 6.07) is 0. The molecule has 0 spiro atoms. The third-order valence-corrected chi connectivity index (χ3v) is 2.46. The molecule has 0 aliphatic heterocycles. The second-order valence-corrected chi connectivity index (χ2v) is 5.21. The van der Waals surface area contributed by atoms with E-state index in [1.54, 1.807) is 0 Å². The molecule has 0 aromatic carbocycles. The normalized spacial score (nSPS) is 7.80. The van der Waals surface area contributed by atoms with Gasteiger partial charge in [0, 0.05) is 0 Å². The van der Waals surface area contributed by atoms with Crippen LogP contribution in [0.25, 0.3) is 0 Å². The third kappa shape index (κ3) is 202. The Morgan fingerprint density at radius 1 is 0.400 bits per heavy atom. The molecule has 0 aromatic heterocycles. The van der Waals surface area contributed by atoms with Crippen LogP contribution in [-0.4, -0.2) is 89.6 Å². The zero-order chi connectivity index (χ0) is 23.4. The summed E-state index contributed by atoms with van der Waals surface area (Å²) in [5.74, 6) is 0. The molecule has 18 heteroatoms. The number of unbranched alkanes of at least 4 members (excludes halogenated alkanes) is 9. The van der Waals surface area contributed by atoms with E-state index in [0.717, 1.165) is 0 Å². The summed E-state index contributed by atoms with van der Waals surface area (Å²) in [6.07, 6.45) is 14.4. The predicted molar refractivity (Wildman–Crippen MR) is 109 cm³/mol. The van der Waals surface area contributed by atoms with Crippen LogP contribution in [0.2, 0.25) is 0 Å². The maximum Gasteiger partial charge on any atom is 1.00 e. The molecule has 0 radical (unpaired) electrons. The molecular formula is C12H40B4KNaO12. The summed E-state index contributed by atoms with van der Waals surface area (Å²) in [6.45, 7) is 4.56. The first-order chi connectivity index (χ1) is 12.8. The van der Waals surface area contributed by atoms with E-state index in [4.69, 9.17) is 60.3 Å². The topological polar surface area (TPSA) is 243 Å². The molecule has 0 rings (SSSR count). The SMILES string of the molecule is CCCCCCCCCCCC.OB(O)O.OB(O)O.OB(O)O.OB(O)O.[H-].[H-].[K+].[Na+]. The average molecular weight is 482 g/mol. The van der Waals surface area contributed by atoms with Crippen LogP contribution in [0.1, 0.15) is 80.9 Å². The number of hydrogen-bond acceptors (Lipinski definition) is 12. The van der Waals surface area contributed by atoms with Gasteiger partial charge in [0.1, 0.15) is 0 Å². The molecule has 30 heavy (non-hydrogen) atoms. The molecular weight excluding hydrogens is 441 g/mol. The van der Waals surface area contributed by atoms with Gasteiger partial charge in [0.15, 0.2) is 0 Å². The van der Waals surface area contributed by atoms with Crippen molar-refractivity contribution in [3.05, 3.63) is 0 Å². The summed E-state index contributed by atoms with van der Waals surface area (Å²) in [5.41, 5.74) is 0. The van der Waals surface area contributed by atoms with Gasteiger partial charge in [-0.3, -0.25) is 0 Å².